The molecule has 2 aliphatic heterocycles. The zero-order chi connectivity index (χ0) is 17.5. The highest BCUT2D eigenvalue weighted by molar-refractivity contribution is 7.89. The van der Waals surface area contributed by atoms with Crippen molar-refractivity contribution in [3.8, 4) is 5.75 Å². The summed E-state index contributed by atoms with van der Waals surface area (Å²) in [6.45, 7) is 0.549. The lowest BCUT2D eigenvalue weighted by molar-refractivity contribution is -0.119. The van der Waals surface area contributed by atoms with Crippen LogP contribution in [0.15, 0.2) is 23.1 Å². The lowest BCUT2D eigenvalue weighted by atomic mass is 10.1. The van der Waals surface area contributed by atoms with E-state index in [9.17, 15) is 18.0 Å². The van der Waals surface area contributed by atoms with Gasteiger partial charge in [0, 0.05) is 38.5 Å². The molecule has 130 valence electrons. The van der Waals surface area contributed by atoms with Crippen LogP contribution in [0.4, 0.5) is 0 Å². The Balaban J connectivity index is 1.91. The lowest BCUT2D eigenvalue weighted by Crippen LogP contribution is -2.35. The number of hydrogen-bond acceptors (Lipinski definition) is 5. The Morgan fingerprint density at radius 1 is 1.38 bits per heavy atom. The second kappa shape index (κ2) is 6.06. The first-order chi connectivity index (χ1) is 11.4. The van der Waals surface area contributed by atoms with Crippen LogP contribution in [-0.2, 0) is 14.8 Å². The fourth-order valence-electron chi connectivity index (χ4n) is 3.21. The van der Waals surface area contributed by atoms with Crippen LogP contribution < -0.4 is 15.4 Å². The molecular weight excluding hydrogens is 334 g/mol. The average molecular weight is 353 g/mol. The van der Waals surface area contributed by atoms with Crippen LogP contribution in [0.25, 0.3) is 0 Å². The summed E-state index contributed by atoms with van der Waals surface area (Å²) in [6, 6.07) is 4.08. The number of carbonyl (C=O) groups is 2. The maximum Gasteiger partial charge on any atom is 0.254 e. The van der Waals surface area contributed by atoms with Gasteiger partial charge < -0.3 is 15.4 Å². The van der Waals surface area contributed by atoms with Gasteiger partial charge in [-0.3, -0.25) is 9.59 Å². The Morgan fingerprint density at radius 2 is 2.12 bits per heavy atom. The largest absolute Gasteiger partial charge is 0.496 e. The molecule has 2 atom stereocenters. The molecule has 24 heavy (non-hydrogen) atoms. The number of benzene rings is 1. The van der Waals surface area contributed by atoms with Crippen molar-refractivity contribution in [3.63, 3.8) is 0 Å². The molecule has 0 radical (unpaired) electrons. The van der Waals surface area contributed by atoms with E-state index in [0.717, 1.165) is 0 Å². The molecule has 2 saturated heterocycles. The smallest absolute Gasteiger partial charge is 0.254 e. The fraction of sp³-hybridized carbons (Fsp3) is 0.467. The monoisotopic (exact) mass is 353 g/mol. The zero-order valence-electron chi connectivity index (χ0n) is 13.4. The Morgan fingerprint density at radius 3 is 2.75 bits per heavy atom. The standard InChI is InChI=1S/C15H19N3O5S/c1-16-15(20)11-6-10(3-4-13(11)23-2)24(21,22)18-7-9-5-14(19)17-12(9)8-18/h3-4,6,9,12H,5,7-8H2,1-2H3,(H,16,20)(H,17,19)/t9-,12+/m0/s1. The number of amides is 2. The number of fused-ring (bicyclic) bond motifs is 1. The van der Waals surface area contributed by atoms with E-state index in [4.69, 9.17) is 4.74 Å². The van der Waals surface area contributed by atoms with E-state index in [0.29, 0.717) is 18.7 Å². The minimum Gasteiger partial charge on any atom is -0.496 e. The number of hydrogen-bond donors (Lipinski definition) is 2. The van der Waals surface area contributed by atoms with Gasteiger partial charge in [-0.25, -0.2) is 8.42 Å². The first-order valence-corrected chi connectivity index (χ1v) is 9.00. The summed E-state index contributed by atoms with van der Waals surface area (Å²) in [5.41, 5.74) is 0.161. The summed E-state index contributed by atoms with van der Waals surface area (Å²) < 4.78 is 32.2. The second-order valence-corrected chi connectivity index (χ2v) is 7.84. The number of carbonyl (C=O) groups excluding carboxylic acids is 2. The topological polar surface area (TPSA) is 105 Å². The molecule has 0 spiro atoms. The van der Waals surface area contributed by atoms with Gasteiger partial charge in [0.25, 0.3) is 5.91 Å². The van der Waals surface area contributed by atoms with Gasteiger partial charge in [-0.1, -0.05) is 0 Å². The van der Waals surface area contributed by atoms with Crippen LogP contribution in [0, 0.1) is 5.92 Å². The molecule has 2 aliphatic rings. The Hall–Kier alpha value is -2.13. The Kier molecular flexibility index (Phi) is 4.22. The molecular formula is C15H19N3O5S. The van der Waals surface area contributed by atoms with E-state index in [1.54, 1.807) is 0 Å². The van der Waals surface area contributed by atoms with E-state index in [1.165, 1.54) is 36.7 Å². The van der Waals surface area contributed by atoms with Crippen LogP contribution in [0.2, 0.25) is 0 Å². The second-order valence-electron chi connectivity index (χ2n) is 5.90. The SMILES string of the molecule is CNC(=O)c1cc(S(=O)(=O)N2C[C@@H]3CC(=O)N[C@@H]3C2)ccc1OC. The van der Waals surface area contributed by atoms with Gasteiger partial charge in [-0.15, -0.1) is 0 Å². The van der Waals surface area contributed by atoms with Crippen molar-refractivity contribution >= 4 is 21.8 Å². The van der Waals surface area contributed by atoms with Crippen LogP contribution in [0.1, 0.15) is 16.8 Å². The van der Waals surface area contributed by atoms with Crippen LogP contribution in [-0.4, -0.2) is 57.8 Å². The van der Waals surface area contributed by atoms with Crippen molar-refractivity contribution in [2.75, 3.05) is 27.2 Å². The van der Waals surface area contributed by atoms with E-state index in [2.05, 4.69) is 10.6 Å². The predicted octanol–water partition coefficient (Wildman–Crippen LogP) is -0.436. The normalized spacial score (nSPS) is 23.7. The molecule has 0 aromatic heterocycles. The third-order valence-electron chi connectivity index (χ3n) is 4.48. The number of methoxy groups -OCH3 is 1. The molecule has 2 N–H and O–H groups in total. The first-order valence-electron chi connectivity index (χ1n) is 7.56. The summed E-state index contributed by atoms with van der Waals surface area (Å²) in [5.74, 6) is -0.148. The van der Waals surface area contributed by atoms with Crippen molar-refractivity contribution < 1.29 is 22.7 Å². The Labute approximate surface area is 140 Å². The highest BCUT2D eigenvalue weighted by Crippen LogP contribution is 2.31. The molecule has 0 saturated carbocycles. The van der Waals surface area contributed by atoms with Crippen molar-refractivity contribution in [2.45, 2.75) is 17.4 Å². The van der Waals surface area contributed by atoms with Gasteiger partial charge in [0.05, 0.1) is 17.6 Å². The quantitative estimate of drug-likeness (QED) is 0.764. The predicted molar refractivity (Wildman–Crippen MR) is 85.2 cm³/mol. The molecule has 8 nitrogen and oxygen atoms in total. The fourth-order valence-corrected chi connectivity index (χ4v) is 4.76. The molecule has 0 aliphatic carbocycles. The van der Waals surface area contributed by atoms with Crippen molar-refractivity contribution in [2.24, 2.45) is 5.92 Å². The first kappa shape index (κ1) is 16.7. The van der Waals surface area contributed by atoms with Crippen molar-refractivity contribution in [1.82, 2.24) is 14.9 Å². The molecule has 1 aromatic carbocycles. The maximum atomic E-state index is 12.9. The van der Waals surface area contributed by atoms with Gasteiger partial charge in [-0.05, 0) is 18.2 Å². The Bertz CT molecular complexity index is 776. The molecule has 0 unspecified atom stereocenters. The summed E-state index contributed by atoms with van der Waals surface area (Å²) in [7, 11) is -0.858. The average Bonchev–Trinajstić information content (AvgIpc) is 3.11. The number of ether oxygens (including phenoxy) is 1. The highest BCUT2D eigenvalue weighted by Gasteiger charge is 2.44. The van der Waals surface area contributed by atoms with E-state index >= 15 is 0 Å². The van der Waals surface area contributed by atoms with E-state index in [1.807, 2.05) is 0 Å². The minimum absolute atomic E-state index is 0.00364. The lowest BCUT2D eigenvalue weighted by Gasteiger charge is -2.18. The molecule has 2 fully saturated rings. The summed E-state index contributed by atoms with van der Waals surface area (Å²) >= 11 is 0. The zero-order valence-corrected chi connectivity index (χ0v) is 14.2. The van der Waals surface area contributed by atoms with Gasteiger partial charge in [-0.2, -0.15) is 4.31 Å². The van der Waals surface area contributed by atoms with Gasteiger partial charge in [0.15, 0.2) is 0 Å². The van der Waals surface area contributed by atoms with E-state index < -0.39 is 15.9 Å². The van der Waals surface area contributed by atoms with Crippen molar-refractivity contribution in [1.29, 1.82) is 0 Å². The number of nitrogens with zero attached hydrogens (tertiary/aromatic N) is 1. The number of rotatable bonds is 4. The van der Waals surface area contributed by atoms with Crippen LogP contribution in [0.3, 0.4) is 0 Å². The third-order valence-corrected chi connectivity index (χ3v) is 6.31. The van der Waals surface area contributed by atoms with Crippen LogP contribution in [0.5, 0.6) is 5.75 Å². The molecule has 9 heteroatoms. The maximum absolute atomic E-state index is 12.9. The van der Waals surface area contributed by atoms with Gasteiger partial charge in [0.2, 0.25) is 15.9 Å². The summed E-state index contributed by atoms with van der Waals surface area (Å²) in [6.07, 6.45) is 0.350. The molecule has 3 rings (SSSR count). The molecule has 2 amide bonds. The molecule has 1 aromatic rings. The highest BCUT2D eigenvalue weighted by atomic mass is 32.2. The summed E-state index contributed by atoms with van der Waals surface area (Å²) in [4.78, 5) is 23.3. The van der Waals surface area contributed by atoms with Crippen LogP contribution >= 0.6 is 0 Å². The summed E-state index contributed by atoms with van der Waals surface area (Å²) in [5, 5.41) is 5.26. The van der Waals surface area contributed by atoms with E-state index in [-0.39, 0.29) is 34.9 Å². The number of sulfonamides is 1. The third kappa shape index (κ3) is 2.73. The number of nitrogens with one attached hydrogen (secondary N) is 2. The molecule has 0 bridgehead atoms. The van der Waals surface area contributed by atoms with Gasteiger partial charge in [0.1, 0.15) is 5.75 Å². The minimum atomic E-state index is -3.74. The van der Waals surface area contributed by atoms with Crippen molar-refractivity contribution in [3.05, 3.63) is 23.8 Å². The van der Waals surface area contributed by atoms with Gasteiger partial charge >= 0.3 is 0 Å². The molecule has 2 heterocycles.